The summed E-state index contributed by atoms with van der Waals surface area (Å²) in [6.45, 7) is 10.3. The normalized spacial score (nSPS) is 23.9. The van der Waals surface area contributed by atoms with E-state index in [1.165, 1.54) is 84.5 Å². The van der Waals surface area contributed by atoms with Gasteiger partial charge in [0.15, 0.2) is 15.2 Å². The van der Waals surface area contributed by atoms with Gasteiger partial charge in [-0.15, -0.1) is 0 Å². The van der Waals surface area contributed by atoms with E-state index in [4.69, 9.17) is 4.74 Å². The van der Waals surface area contributed by atoms with Gasteiger partial charge in [-0.1, -0.05) is 118 Å². The first-order valence-electron chi connectivity index (χ1n) is 15.7. The molecule has 0 unspecified atom stereocenters. The second kappa shape index (κ2) is 15.0. The summed E-state index contributed by atoms with van der Waals surface area (Å²) < 4.78 is 30.7. The summed E-state index contributed by atoms with van der Waals surface area (Å²) in [6.07, 6.45) is 17.7. The Bertz CT molecular complexity index is 953. The van der Waals surface area contributed by atoms with E-state index in [0.717, 1.165) is 24.2 Å². The smallest absolute Gasteiger partial charge is 0.328 e. The molecule has 1 amide bonds. The predicted octanol–water partition coefficient (Wildman–Crippen LogP) is 6.65. The van der Waals surface area contributed by atoms with Crippen LogP contribution in [0.1, 0.15) is 144 Å². The number of carbonyl (C=O) groups is 3. The average molecular weight is 586 g/mol. The van der Waals surface area contributed by atoms with Gasteiger partial charge in [-0.3, -0.25) is 9.59 Å². The molecule has 2 saturated heterocycles. The largest absolute Gasteiger partial charge is 0.480 e. The zero-order valence-corrected chi connectivity index (χ0v) is 26.7. The van der Waals surface area contributed by atoms with Crippen molar-refractivity contribution >= 4 is 27.7 Å². The molecule has 0 aromatic rings. The number of rotatable bonds is 19. The molecule has 0 saturated carbocycles. The van der Waals surface area contributed by atoms with Gasteiger partial charge in [0, 0.05) is 6.42 Å². The highest BCUT2D eigenvalue weighted by atomic mass is 32.2. The number of nitrogens with zero attached hydrogens (tertiary/aromatic N) is 1. The van der Waals surface area contributed by atoms with Gasteiger partial charge >= 0.3 is 11.9 Å². The molecular weight excluding hydrogens is 530 g/mol. The lowest BCUT2D eigenvalue weighted by Gasteiger charge is -2.48. The molecule has 0 aliphatic carbocycles. The third-order valence-electron chi connectivity index (χ3n) is 8.77. The fourth-order valence-corrected chi connectivity index (χ4v) is 8.57. The molecule has 0 aromatic carbocycles. The number of fused-ring (bicyclic) bond motifs is 1. The van der Waals surface area contributed by atoms with Crippen molar-refractivity contribution in [3.05, 3.63) is 0 Å². The summed E-state index contributed by atoms with van der Waals surface area (Å²) >= 11 is 0. The number of ether oxygens (including phenoxy) is 1. The summed E-state index contributed by atoms with van der Waals surface area (Å²) in [4.78, 5) is 38.7. The highest BCUT2D eigenvalue weighted by Crippen LogP contribution is 2.52. The van der Waals surface area contributed by atoms with Crippen LogP contribution in [0.4, 0.5) is 0 Å². The number of hydrogen-bond acceptors (Lipinski definition) is 6. The van der Waals surface area contributed by atoms with Crippen LogP contribution in [0.25, 0.3) is 0 Å². The number of β-lactam (4-membered cyclic amide) rings is 1. The Morgan fingerprint density at radius 1 is 0.875 bits per heavy atom. The molecule has 9 heteroatoms. The number of carbonyl (C=O) groups excluding carboxylic acids is 2. The molecule has 0 spiro atoms. The minimum atomic E-state index is -3.99. The first kappa shape index (κ1) is 34.6. The number of unbranched alkanes of at least 4 members (excludes halogenated alkanes) is 14. The molecule has 40 heavy (non-hydrogen) atoms. The van der Waals surface area contributed by atoms with Crippen LogP contribution >= 0.6 is 0 Å². The van der Waals surface area contributed by atoms with Crippen molar-refractivity contribution in [1.82, 2.24) is 4.90 Å². The fourth-order valence-electron chi connectivity index (χ4n) is 6.25. The van der Waals surface area contributed by atoms with Crippen LogP contribution in [-0.2, 0) is 29.0 Å². The van der Waals surface area contributed by atoms with E-state index in [0.29, 0.717) is 6.42 Å². The van der Waals surface area contributed by atoms with Crippen molar-refractivity contribution in [2.24, 2.45) is 11.3 Å². The van der Waals surface area contributed by atoms with Crippen molar-refractivity contribution < 1.29 is 32.6 Å². The summed E-state index contributed by atoms with van der Waals surface area (Å²) in [5, 5.41) is 8.38. The van der Waals surface area contributed by atoms with Crippen molar-refractivity contribution in [2.45, 2.75) is 167 Å². The summed E-state index contributed by atoms with van der Waals surface area (Å²) in [5.41, 5.74) is -0.696. The Hall–Kier alpha value is -1.64. The SMILES string of the molecule is CCCCCCCCCCCCCCCCCC(=O)O[C@@H]([C@@H]1C(=O)N2[C@@H](C(=O)O)C(C)(C)S(=O)(=O)[C@H]12)C(C)(C)C. The average Bonchev–Trinajstić information content (AvgIpc) is 2.99. The summed E-state index contributed by atoms with van der Waals surface area (Å²) in [5.74, 6) is -3.46. The van der Waals surface area contributed by atoms with E-state index in [2.05, 4.69) is 6.92 Å². The Morgan fingerprint density at radius 2 is 1.30 bits per heavy atom. The molecule has 0 radical (unpaired) electrons. The quantitative estimate of drug-likeness (QED) is 0.102. The van der Waals surface area contributed by atoms with E-state index < -0.39 is 61.3 Å². The van der Waals surface area contributed by atoms with Crippen LogP contribution in [0, 0.1) is 11.3 Å². The van der Waals surface area contributed by atoms with Gasteiger partial charge < -0.3 is 14.7 Å². The molecule has 0 bridgehead atoms. The fraction of sp³-hybridized carbons (Fsp3) is 0.903. The molecule has 2 rings (SSSR count). The number of amides is 1. The van der Waals surface area contributed by atoms with Gasteiger partial charge in [0.2, 0.25) is 5.91 Å². The number of aliphatic carboxylic acids is 1. The van der Waals surface area contributed by atoms with Crippen molar-refractivity contribution in [3.8, 4) is 0 Å². The lowest BCUT2D eigenvalue weighted by molar-refractivity contribution is -0.183. The third kappa shape index (κ3) is 8.22. The van der Waals surface area contributed by atoms with Crippen molar-refractivity contribution in [2.75, 3.05) is 0 Å². The van der Waals surface area contributed by atoms with Crippen molar-refractivity contribution in [3.63, 3.8) is 0 Å². The van der Waals surface area contributed by atoms with Crippen LogP contribution in [-0.4, -0.2) is 58.5 Å². The van der Waals surface area contributed by atoms with Gasteiger partial charge in [0.1, 0.15) is 18.1 Å². The van der Waals surface area contributed by atoms with E-state index >= 15 is 0 Å². The van der Waals surface area contributed by atoms with Gasteiger partial charge in [-0.25, -0.2) is 13.2 Å². The van der Waals surface area contributed by atoms with Gasteiger partial charge in [0.25, 0.3) is 0 Å². The first-order valence-corrected chi connectivity index (χ1v) is 17.2. The molecule has 2 heterocycles. The van der Waals surface area contributed by atoms with Crippen molar-refractivity contribution in [1.29, 1.82) is 0 Å². The highest BCUT2D eigenvalue weighted by molar-refractivity contribution is 7.93. The maximum Gasteiger partial charge on any atom is 0.328 e. The number of hydrogen-bond donors (Lipinski definition) is 1. The number of esters is 1. The number of carboxylic acid groups (broad SMARTS) is 1. The molecule has 1 N–H and O–H groups in total. The minimum Gasteiger partial charge on any atom is -0.480 e. The molecule has 2 fully saturated rings. The van der Waals surface area contributed by atoms with E-state index in [9.17, 15) is 27.9 Å². The van der Waals surface area contributed by atoms with Crippen LogP contribution in [0.15, 0.2) is 0 Å². The lowest BCUT2D eigenvalue weighted by atomic mass is 9.76. The molecule has 2 aliphatic heterocycles. The van der Waals surface area contributed by atoms with Crippen LogP contribution in [0.3, 0.4) is 0 Å². The third-order valence-corrected chi connectivity index (χ3v) is 11.6. The number of carboxylic acids is 1. The minimum absolute atomic E-state index is 0.218. The highest BCUT2D eigenvalue weighted by Gasteiger charge is 2.74. The Balaban J connectivity index is 1.72. The molecule has 232 valence electrons. The van der Waals surface area contributed by atoms with Crippen LogP contribution < -0.4 is 0 Å². The zero-order valence-electron chi connectivity index (χ0n) is 25.9. The second-order valence-electron chi connectivity index (χ2n) is 13.5. The van der Waals surface area contributed by atoms with Gasteiger partial charge in [0.05, 0.1) is 4.75 Å². The molecule has 2 aliphatic rings. The Kier molecular flexibility index (Phi) is 13.0. The predicted molar refractivity (Wildman–Crippen MR) is 157 cm³/mol. The molecule has 0 aromatic heterocycles. The first-order chi connectivity index (χ1) is 18.7. The summed E-state index contributed by atoms with van der Waals surface area (Å²) in [7, 11) is -3.99. The van der Waals surface area contributed by atoms with E-state index in [1.807, 2.05) is 0 Å². The monoisotopic (exact) mass is 585 g/mol. The number of sulfone groups is 1. The van der Waals surface area contributed by atoms with Gasteiger partial charge in [-0.05, 0) is 25.7 Å². The topological polar surface area (TPSA) is 118 Å². The Labute approximate surface area is 242 Å². The zero-order chi connectivity index (χ0) is 30.1. The van der Waals surface area contributed by atoms with Gasteiger partial charge in [-0.2, -0.15) is 0 Å². The van der Waals surface area contributed by atoms with Crippen LogP contribution in [0.2, 0.25) is 0 Å². The maximum atomic E-state index is 13.3. The maximum absolute atomic E-state index is 13.3. The van der Waals surface area contributed by atoms with E-state index in [-0.39, 0.29) is 6.42 Å². The summed E-state index contributed by atoms with van der Waals surface area (Å²) in [6, 6.07) is -1.46. The second-order valence-corrected chi connectivity index (χ2v) is 16.2. The standard InChI is InChI=1S/C31H55NO7S/c1-7-8-9-10-11-12-13-14-15-16-17-18-19-20-21-22-23(33)39-26(30(2,3)4)24-27(34)32-25(29(35)36)31(5,6)40(37,38)28(24)32/h24-26,28H,7-22H2,1-6H3,(H,35,36)/t24-,25+,26+,28-/m1/s1. The molecule has 8 nitrogen and oxygen atoms in total. The Morgan fingerprint density at radius 3 is 1.70 bits per heavy atom. The molecular formula is C31H55NO7S. The molecule has 4 atom stereocenters. The van der Waals surface area contributed by atoms with E-state index in [1.54, 1.807) is 20.8 Å². The lowest BCUT2D eigenvalue weighted by Crippen LogP contribution is -2.68. The van der Waals surface area contributed by atoms with Crippen LogP contribution in [0.5, 0.6) is 0 Å².